The Bertz CT molecular complexity index is 471. The number of carbonyl (C=O) groups is 1. The predicted molar refractivity (Wildman–Crippen MR) is 78.1 cm³/mol. The van der Waals surface area contributed by atoms with Gasteiger partial charge in [0.2, 0.25) is 0 Å². The van der Waals surface area contributed by atoms with E-state index in [0.717, 1.165) is 44.8 Å². The van der Waals surface area contributed by atoms with Crippen LogP contribution < -0.4 is 5.32 Å². The van der Waals surface area contributed by atoms with Gasteiger partial charge >= 0.3 is 0 Å². The lowest BCUT2D eigenvalue weighted by Crippen LogP contribution is -2.58. The van der Waals surface area contributed by atoms with Crippen molar-refractivity contribution < 1.29 is 9.53 Å². The van der Waals surface area contributed by atoms with Crippen molar-refractivity contribution >= 4 is 17.2 Å². The van der Waals surface area contributed by atoms with Crippen LogP contribution in [0.2, 0.25) is 0 Å². The summed E-state index contributed by atoms with van der Waals surface area (Å²) in [6.45, 7) is 5.54. The fourth-order valence-electron chi connectivity index (χ4n) is 2.92. The van der Waals surface area contributed by atoms with Gasteiger partial charge in [0.25, 0.3) is 5.91 Å². The van der Waals surface area contributed by atoms with E-state index in [1.807, 2.05) is 12.3 Å². The van der Waals surface area contributed by atoms with Crippen molar-refractivity contribution in [1.29, 1.82) is 0 Å². The molecular formula is C14H21N3O2S. The number of aromatic nitrogens is 1. The molecule has 0 radical (unpaired) electrons. The standard InChI is InChI=1S/C14H21N3O2S/c1-10-9-20-14(16-10)13(18)15-8-12-2-5-17(12)11-3-6-19-7-4-11/h9,11-12H,2-8H2,1H3,(H,15,18)/t12-/m1/s1. The van der Waals surface area contributed by atoms with Gasteiger partial charge in [-0.1, -0.05) is 0 Å². The van der Waals surface area contributed by atoms with Crippen LogP contribution in [0.25, 0.3) is 0 Å². The highest BCUT2D eigenvalue weighted by Gasteiger charge is 2.34. The van der Waals surface area contributed by atoms with Crippen molar-refractivity contribution in [1.82, 2.24) is 15.2 Å². The highest BCUT2D eigenvalue weighted by Crippen LogP contribution is 2.25. The number of rotatable bonds is 4. The number of nitrogens with one attached hydrogen (secondary N) is 1. The molecule has 2 aliphatic rings. The summed E-state index contributed by atoms with van der Waals surface area (Å²) in [5.74, 6) is -0.0399. The Labute approximate surface area is 123 Å². The monoisotopic (exact) mass is 295 g/mol. The van der Waals surface area contributed by atoms with Crippen molar-refractivity contribution in [2.24, 2.45) is 0 Å². The molecule has 0 bridgehead atoms. The van der Waals surface area contributed by atoms with Crippen molar-refractivity contribution in [3.05, 3.63) is 16.1 Å². The van der Waals surface area contributed by atoms with Crippen molar-refractivity contribution in [2.45, 2.75) is 38.3 Å². The summed E-state index contributed by atoms with van der Waals surface area (Å²) in [5, 5.41) is 5.50. The van der Waals surface area contributed by atoms with Crippen LogP contribution in [0.15, 0.2) is 5.38 Å². The zero-order valence-corrected chi connectivity index (χ0v) is 12.6. The number of aryl methyl sites for hydroxylation is 1. The average molecular weight is 295 g/mol. The zero-order chi connectivity index (χ0) is 13.9. The molecule has 2 aliphatic heterocycles. The predicted octanol–water partition coefficient (Wildman–Crippen LogP) is 1.43. The summed E-state index contributed by atoms with van der Waals surface area (Å²) in [5.41, 5.74) is 0.910. The largest absolute Gasteiger partial charge is 0.381 e. The Morgan fingerprint density at radius 1 is 1.50 bits per heavy atom. The van der Waals surface area contributed by atoms with Gasteiger partial charge in [-0.25, -0.2) is 4.98 Å². The number of likely N-dealkylation sites (tertiary alicyclic amines) is 1. The molecule has 2 fully saturated rings. The van der Waals surface area contributed by atoms with E-state index < -0.39 is 0 Å². The summed E-state index contributed by atoms with van der Waals surface area (Å²) >= 11 is 1.41. The van der Waals surface area contributed by atoms with Gasteiger partial charge in [-0.2, -0.15) is 0 Å². The van der Waals surface area contributed by atoms with Crippen LogP contribution in [-0.4, -0.2) is 54.2 Å². The molecule has 110 valence electrons. The molecule has 3 heterocycles. The summed E-state index contributed by atoms with van der Waals surface area (Å²) < 4.78 is 5.41. The van der Waals surface area contributed by atoms with Crippen LogP contribution in [0, 0.1) is 6.92 Å². The molecule has 0 unspecified atom stereocenters. The molecule has 0 aromatic carbocycles. The number of hydrogen-bond acceptors (Lipinski definition) is 5. The second-order valence-electron chi connectivity index (χ2n) is 5.53. The first-order valence-electron chi connectivity index (χ1n) is 7.28. The SMILES string of the molecule is Cc1csc(C(=O)NC[C@H]2CCN2C2CCOCC2)n1. The van der Waals surface area contributed by atoms with Crippen LogP contribution >= 0.6 is 11.3 Å². The maximum Gasteiger partial charge on any atom is 0.280 e. The molecule has 0 aliphatic carbocycles. The highest BCUT2D eigenvalue weighted by atomic mass is 32.1. The van der Waals surface area contributed by atoms with Gasteiger partial charge in [0.05, 0.1) is 0 Å². The first-order chi connectivity index (χ1) is 9.74. The smallest absolute Gasteiger partial charge is 0.280 e. The van der Waals surface area contributed by atoms with E-state index in [2.05, 4.69) is 15.2 Å². The van der Waals surface area contributed by atoms with Crippen LogP contribution in [0.3, 0.4) is 0 Å². The molecule has 0 spiro atoms. The number of hydrogen-bond donors (Lipinski definition) is 1. The first kappa shape index (κ1) is 14.0. The number of ether oxygens (including phenoxy) is 1. The Balaban J connectivity index is 1.47. The maximum absolute atomic E-state index is 12.0. The molecule has 1 aromatic rings. The van der Waals surface area contributed by atoms with Crippen LogP contribution in [0.1, 0.15) is 34.8 Å². The average Bonchev–Trinajstić information content (AvgIpc) is 2.85. The Hall–Kier alpha value is -0.980. The van der Waals surface area contributed by atoms with E-state index in [1.165, 1.54) is 17.8 Å². The molecular weight excluding hydrogens is 274 g/mol. The molecule has 6 heteroatoms. The van der Waals surface area contributed by atoms with Gasteiger partial charge in [0.1, 0.15) is 0 Å². The third kappa shape index (κ3) is 3.02. The molecule has 5 nitrogen and oxygen atoms in total. The topological polar surface area (TPSA) is 54.5 Å². The molecule has 2 saturated heterocycles. The van der Waals surface area contributed by atoms with Crippen molar-refractivity contribution in [2.75, 3.05) is 26.3 Å². The molecule has 3 rings (SSSR count). The minimum absolute atomic E-state index is 0.0399. The molecule has 1 aromatic heterocycles. The third-order valence-corrected chi connectivity index (χ3v) is 5.12. The van der Waals surface area contributed by atoms with E-state index >= 15 is 0 Å². The highest BCUT2D eigenvalue weighted by molar-refractivity contribution is 7.11. The number of carbonyl (C=O) groups excluding carboxylic acids is 1. The lowest BCUT2D eigenvalue weighted by atomic mass is 9.95. The minimum atomic E-state index is -0.0399. The van der Waals surface area contributed by atoms with E-state index in [4.69, 9.17) is 4.74 Å². The van der Waals surface area contributed by atoms with Crippen molar-refractivity contribution in [3.8, 4) is 0 Å². The minimum Gasteiger partial charge on any atom is -0.381 e. The second-order valence-corrected chi connectivity index (χ2v) is 6.39. The van der Waals surface area contributed by atoms with Crippen LogP contribution in [-0.2, 0) is 4.74 Å². The molecule has 20 heavy (non-hydrogen) atoms. The van der Waals surface area contributed by atoms with Crippen molar-refractivity contribution in [3.63, 3.8) is 0 Å². The lowest BCUT2D eigenvalue weighted by Gasteiger charge is -2.47. The second kappa shape index (κ2) is 6.20. The van der Waals surface area contributed by atoms with Gasteiger partial charge in [-0.3, -0.25) is 9.69 Å². The molecule has 0 saturated carbocycles. The fraction of sp³-hybridized carbons (Fsp3) is 0.714. The quantitative estimate of drug-likeness (QED) is 0.913. The van der Waals surface area contributed by atoms with Crippen LogP contribution in [0.5, 0.6) is 0 Å². The van der Waals surface area contributed by atoms with Gasteiger partial charge in [-0.15, -0.1) is 11.3 Å². The van der Waals surface area contributed by atoms with Gasteiger partial charge in [0, 0.05) is 49.5 Å². The normalized spacial score (nSPS) is 24.4. The maximum atomic E-state index is 12.0. The third-order valence-electron chi connectivity index (χ3n) is 4.16. The van der Waals surface area contributed by atoms with E-state index in [9.17, 15) is 4.79 Å². The lowest BCUT2D eigenvalue weighted by molar-refractivity contribution is -0.0222. The summed E-state index contributed by atoms with van der Waals surface area (Å²) in [6.07, 6.45) is 3.42. The number of thiazole rings is 1. The van der Waals surface area contributed by atoms with E-state index in [-0.39, 0.29) is 5.91 Å². The van der Waals surface area contributed by atoms with Gasteiger partial charge in [-0.05, 0) is 26.2 Å². The van der Waals surface area contributed by atoms with Gasteiger partial charge in [0.15, 0.2) is 5.01 Å². The number of nitrogens with zero attached hydrogens (tertiary/aromatic N) is 2. The zero-order valence-electron chi connectivity index (χ0n) is 11.8. The van der Waals surface area contributed by atoms with E-state index in [0.29, 0.717) is 17.1 Å². The summed E-state index contributed by atoms with van der Waals surface area (Å²) in [7, 11) is 0. The summed E-state index contributed by atoms with van der Waals surface area (Å²) in [6, 6.07) is 1.13. The Kier molecular flexibility index (Phi) is 4.33. The molecule has 1 atom stereocenters. The summed E-state index contributed by atoms with van der Waals surface area (Å²) in [4.78, 5) is 18.7. The fourth-order valence-corrected chi connectivity index (χ4v) is 3.63. The first-order valence-corrected chi connectivity index (χ1v) is 8.16. The van der Waals surface area contributed by atoms with E-state index in [1.54, 1.807) is 0 Å². The molecule has 1 N–H and O–H groups in total. The Morgan fingerprint density at radius 2 is 2.30 bits per heavy atom. The Morgan fingerprint density at radius 3 is 2.90 bits per heavy atom. The van der Waals surface area contributed by atoms with Gasteiger partial charge < -0.3 is 10.1 Å². The van der Waals surface area contributed by atoms with Crippen LogP contribution in [0.4, 0.5) is 0 Å². The molecule has 1 amide bonds. The number of amides is 1.